The molecule has 13 heavy (non-hydrogen) atoms. The average Bonchev–Trinajstić information content (AvgIpc) is 2.21. The van der Waals surface area contributed by atoms with Gasteiger partial charge in [0.1, 0.15) is 6.61 Å². The lowest BCUT2D eigenvalue weighted by atomic mass is 10.5. The van der Waals surface area contributed by atoms with Crippen LogP contribution < -0.4 is 5.32 Å². The molecule has 0 aromatic heterocycles. The van der Waals surface area contributed by atoms with Gasteiger partial charge in [-0.3, -0.25) is 4.79 Å². The summed E-state index contributed by atoms with van der Waals surface area (Å²) in [5.41, 5.74) is 0. The van der Waals surface area contributed by atoms with E-state index in [0.29, 0.717) is 0 Å². The normalized spacial score (nSPS) is 7.23. The maximum Gasteiger partial charge on any atom is 0.245 e. The number of rotatable bonds is 4. The predicted molar refractivity (Wildman–Crippen MR) is 57.9 cm³/mol. The number of amides is 1. The maximum absolute atomic E-state index is 10.6. The number of carbonyl (C=O) groups excluding carboxylic acids is 1. The van der Waals surface area contributed by atoms with Gasteiger partial charge in [0.25, 0.3) is 0 Å². The summed E-state index contributed by atoms with van der Waals surface area (Å²) in [6, 6.07) is 0. The fourth-order valence-corrected chi connectivity index (χ4v) is 0.447. The van der Waals surface area contributed by atoms with E-state index < -0.39 is 0 Å². The molecule has 0 aliphatic heterocycles. The third kappa shape index (κ3) is 24.6. The van der Waals surface area contributed by atoms with Gasteiger partial charge in [-0.1, -0.05) is 34.6 Å². The van der Waals surface area contributed by atoms with Crippen LogP contribution in [0.15, 0.2) is 0 Å². The maximum atomic E-state index is 10.6. The van der Waals surface area contributed by atoms with E-state index in [1.165, 1.54) is 7.11 Å². The predicted octanol–water partition coefficient (Wildman–Crippen LogP) is 2.21. The summed E-state index contributed by atoms with van der Waals surface area (Å²) in [7, 11) is 1.51. The Kier molecular flexibility index (Phi) is 31.6. The summed E-state index contributed by atoms with van der Waals surface area (Å²) >= 11 is 0. The fourth-order valence-electron chi connectivity index (χ4n) is 0.447. The van der Waals surface area contributed by atoms with Crippen LogP contribution in [0.1, 0.15) is 41.0 Å². The zero-order valence-corrected chi connectivity index (χ0v) is 9.94. The molecule has 3 nitrogen and oxygen atoms in total. The van der Waals surface area contributed by atoms with E-state index >= 15 is 0 Å². The van der Waals surface area contributed by atoms with Crippen molar-refractivity contribution in [2.24, 2.45) is 0 Å². The Labute approximate surface area is 82.9 Å². The smallest absolute Gasteiger partial charge is 0.245 e. The van der Waals surface area contributed by atoms with E-state index in [2.05, 4.69) is 10.1 Å². The highest BCUT2D eigenvalue weighted by Crippen LogP contribution is 1.71. The van der Waals surface area contributed by atoms with Gasteiger partial charge < -0.3 is 10.1 Å². The van der Waals surface area contributed by atoms with Crippen LogP contribution in [0, 0.1) is 0 Å². The lowest BCUT2D eigenvalue weighted by molar-refractivity contribution is -0.124. The molecule has 0 unspecified atom stereocenters. The molecule has 0 rings (SSSR count). The summed E-state index contributed by atoms with van der Waals surface area (Å²) in [6.07, 6.45) is 0.968. The topological polar surface area (TPSA) is 38.3 Å². The van der Waals surface area contributed by atoms with Crippen molar-refractivity contribution in [3.05, 3.63) is 0 Å². The van der Waals surface area contributed by atoms with Crippen LogP contribution in [0.3, 0.4) is 0 Å². The number of methoxy groups -OCH3 is 1. The molecule has 3 heteroatoms. The first-order chi connectivity index (χ1) is 6.31. The summed E-state index contributed by atoms with van der Waals surface area (Å²) in [6.45, 7) is 10.9. The van der Waals surface area contributed by atoms with Crippen molar-refractivity contribution in [2.75, 3.05) is 20.3 Å². The van der Waals surface area contributed by atoms with Crippen LogP contribution in [0.4, 0.5) is 0 Å². The molecule has 0 spiro atoms. The SMILES string of the molecule is CC.CC.CCCNC(=O)COC. The summed E-state index contributed by atoms with van der Waals surface area (Å²) in [5, 5.41) is 2.67. The van der Waals surface area contributed by atoms with Gasteiger partial charge in [0, 0.05) is 13.7 Å². The quantitative estimate of drug-likeness (QED) is 0.740. The van der Waals surface area contributed by atoms with E-state index in [1.807, 2.05) is 34.6 Å². The number of ether oxygens (including phenoxy) is 1. The van der Waals surface area contributed by atoms with Crippen molar-refractivity contribution in [2.45, 2.75) is 41.0 Å². The first-order valence-electron chi connectivity index (χ1n) is 5.07. The molecule has 0 heterocycles. The van der Waals surface area contributed by atoms with Crippen LogP contribution in [-0.2, 0) is 9.53 Å². The average molecular weight is 191 g/mol. The first-order valence-corrected chi connectivity index (χ1v) is 5.07. The molecule has 1 amide bonds. The Morgan fingerprint density at radius 2 is 1.69 bits per heavy atom. The van der Waals surface area contributed by atoms with E-state index in [-0.39, 0.29) is 12.5 Å². The lowest BCUT2D eigenvalue weighted by Gasteiger charge is -1.99. The molecule has 0 bridgehead atoms. The van der Waals surface area contributed by atoms with Crippen LogP contribution in [0.5, 0.6) is 0 Å². The van der Waals surface area contributed by atoms with Crippen molar-refractivity contribution in [3.8, 4) is 0 Å². The van der Waals surface area contributed by atoms with Gasteiger partial charge in [0.05, 0.1) is 0 Å². The molecule has 82 valence electrons. The van der Waals surface area contributed by atoms with Gasteiger partial charge in [0.2, 0.25) is 5.91 Å². The Morgan fingerprint density at radius 3 is 2.00 bits per heavy atom. The second-order valence-electron chi connectivity index (χ2n) is 1.78. The van der Waals surface area contributed by atoms with Crippen molar-refractivity contribution in [1.29, 1.82) is 0 Å². The highest BCUT2D eigenvalue weighted by Gasteiger charge is 1.94. The van der Waals surface area contributed by atoms with Crippen LogP contribution >= 0.6 is 0 Å². The van der Waals surface area contributed by atoms with Crippen LogP contribution in [0.2, 0.25) is 0 Å². The molecule has 0 aromatic carbocycles. The van der Waals surface area contributed by atoms with Crippen molar-refractivity contribution < 1.29 is 9.53 Å². The summed E-state index contributed by atoms with van der Waals surface area (Å²) in [4.78, 5) is 10.6. The lowest BCUT2D eigenvalue weighted by Crippen LogP contribution is -2.27. The highest BCUT2D eigenvalue weighted by atomic mass is 16.5. The molecular formula is C10H25NO2. The number of hydrogen-bond acceptors (Lipinski definition) is 2. The standard InChI is InChI=1S/C6H13NO2.2C2H6/c1-3-4-7-6(8)5-9-2;2*1-2/h3-5H2,1-2H3,(H,7,8);2*1-2H3. The molecule has 0 aromatic rings. The molecule has 0 fully saturated rings. The molecule has 0 atom stereocenters. The summed E-state index contributed by atoms with van der Waals surface area (Å²) in [5.74, 6) is -0.0423. The third-order valence-corrected chi connectivity index (χ3v) is 0.848. The van der Waals surface area contributed by atoms with Gasteiger partial charge in [-0.05, 0) is 6.42 Å². The Hall–Kier alpha value is -0.570. The monoisotopic (exact) mass is 191 g/mol. The molecule has 0 aliphatic carbocycles. The van der Waals surface area contributed by atoms with Crippen molar-refractivity contribution in [3.63, 3.8) is 0 Å². The minimum Gasteiger partial charge on any atom is -0.375 e. The van der Waals surface area contributed by atoms with Gasteiger partial charge in [-0.2, -0.15) is 0 Å². The third-order valence-electron chi connectivity index (χ3n) is 0.848. The minimum absolute atomic E-state index is 0.0423. The Morgan fingerprint density at radius 1 is 1.23 bits per heavy atom. The summed E-state index contributed by atoms with van der Waals surface area (Å²) < 4.78 is 4.59. The molecule has 0 saturated heterocycles. The largest absolute Gasteiger partial charge is 0.375 e. The van der Waals surface area contributed by atoms with Crippen molar-refractivity contribution in [1.82, 2.24) is 5.32 Å². The molecule has 0 radical (unpaired) electrons. The zero-order valence-electron chi connectivity index (χ0n) is 9.94. The highest BCUT2D eigenvalue weighted by molar-refractivity contribution is 5.77. The van der Waals surface area contributed by atoms with Crippen LogP contribution in [0.25, 0.3) is 0 Å². The van der Waals surface area contributed by atoms with E-state index in [0.717, 1.165) is 13.0 Å². The van der Waals surface area contributed by atoms with E-state index in [1.54, 1.807) is 0 Å². The van der Waals surface area contributed by atoms with E-state index in [9.17, 15) is 4.79 Å². The van der Waals surface area contributed by atoms with E-state index in [4.69, 9.17) is 0 Å². The second kappa shape index (κ2) is 22.5. The Balaban J connectivity index is -0.000000218. The molecule has 0 aliphatic rings. The minimum atomic E-state index is -0.0423. The van der Waals surface area contributed by atoms with Gasteiger partial charge in [-0.25, -0.2) is 0 Å². The molecule has 0 saturated carbocycles. The molecule has 1 N–H and O–H groups in total. The van der Waals surface area contributed by atoms with Gasteiger partial charge in [-0.15, -0.1) is 0 Å². The second-order valence-corrected chi connectivity index (χ2v) is 1.78. The molecular weight excluding hydrogens is 166 g/mol. The number of carbonyl (C=O) groups is 1. The van der Waals surface area contributed by atoms with Gasteiger partial charge in [0.15, 0.2) is 0 Å². The van der Waals surface area contributed by atoms with Gasteiger partial charge >= 0.3 is 0 Å². The van der Waals surface area contributed by atoms with Crippen molar-refractivity contribution >= 4 is 5.91 Å². The fraction of sp³-hybridized carbons (Fsp3) is 0.900. The zero-order chi connectivity index (χ0) is 11.1. The van der Waals surface area contributed by atoms with Crippen LogP contribution in [-0.4, -0.2) is 26.2 Å². The first kappa shape index (κ1) is 18.3. The number of hydrogen-bond donors (Lipinski definition) is 1. The Bertz CT molecular complexity index is 85.0. The number of nitrogens with one attached hydrogen (secondary N) is 1.